The van der Waals surface area contributed by atoms with Gasteiger partial charge in [0.05, 0.1) is 33.5 Å². The summed E-state index contributed by atoms with van der Waals surface area (Å²) in [6.07, 6.45) is 1.13. The number of fused-ring (bicyclic) bond motifs is 1. The number of nitrogens with one attached hydrogen (secondary N) is 1. The zero-order valence-corrected chi connectivity index (χ0v) is 17.3. The van der Waals surface area contributed by atoms with E-state index in [2.05, 4.69) is 24.4 Å². The molecule has 6 heteroatoms. The van der Waals surface area contributed by atoms with Crippen molar-refractivity contribution >= 4 is 0 Å². The van der Waals surface area contributed by atoms with E-state index in [9.17, 15) is 0 Å². The predicted molar refractivity (Wildman–Crippen MR) is 108 cm³/mol. The predicted octanol–water partition coefficient (Wildman–Crippen LogP) is 3.72. The average Bonchev–Trinajstić information content (AvgIpc) is 3.06. The summed E-state index contributed by atoms with van der Waals surface area (Å²) in [4.78, 5) is 0. The van der Waals surface area contributed by atoms with Crippen LogP contribution in [0, 0.1) is 0 Å². The lowest BCUT2D eigenvalue weighted by molar-refractivity contribution is 0.254. The minimum atomic E-state index is 0.209. The van der Waals surface area contributed by atoms with Crippen LogP contribution in [0.1, 0.15) is 30.5 Å². The molecule has 1 unspecified atom stereocenters. The third-order valence-electron chi connectivity index (χ3n) is 4.81. The third-order valence-corrected chi connectivity index (χ3v) is 4.81. The largest absolute Gasteiger partial charge is 0.496 e. The number of hydrogen-bond donors (Lipinski definition) is 1. The Labute approximate surface area is 166 Å². The van der Waals surface area contributed by atoms with Crippen molar-refractivity contribution in [1.29, 1.82) is 0 Å². The van der Waals surface area contributed by atoms with Gasteiger partial charge in [0.1, 0.15) is 34.9 Å². The highest BCUT2D eigenvalue weighted by atomic mass is 16.5. The second-order valence-electron chi connectivity index (χ2n) is 6.75. The molecule has 0 saturated carbocycles. The number of ether oxygens (including phenoxy) is 5. The lowest BCUT2D eigenvalue weighted by atomic mass is 10.1. The van der Waals surface area contributed by atoms with Gasteiger partial charge >= 0.3 is 0 Å². The first-order valence-electron chi connectivity index (χ1n) is 9.54. The lowest BCUT2D eigenvalue weighted by Crippen LogP contribution is -2.15. The number of methoxy groups -OCH3 is 3. The molecule has 0 aliphatic carbocycles. The maximum Gasteiger partial charge on any atom is 0.130 e. The van der Waals surface area contributed by atoms with Gasteiger partial charge < -0.3 is 29.0 Å². The van der Waals surface area contributed by atoms with Crippen molar-refractivity contribution in [3.05, 3.63) is 41.0 Å². The first kappa shape index (κ1) is 20.1. The highest BCUT2D eigenvalue weighted by molar-refractivity contribution is 5.51. The standard InChI is InChI=1S/C22H29NO5/c1-6-27-19-8-15-7-14(2)28-20(15)9-16(19)12-23-13-18-21(25-4)10-17(24-3)11-22(18)26-5/h8-11,14,23H,6-7,12-13H2,1-5H3. The van der Waals surface area contributed by atoms with E-state index in [1.165, 1.54) is 5.56 Å². The van der Waals surface area contributed by atoms with Crippen LogP contribution in [0.15, 0.2) is 24.3 Å². The number of benzene rings is 2. The monoisotopic (exact) mass is 387 g/mol. The molecule has 1 aliphatic rings. The van der Waals surface area contributed by atoms with Crippen molar-refractivity contribution < 1.29 is 23.7 Å². The zero-order chi connectivity index (χ0) is 20.1. The van der Waals surface area contributed by atoms with Gasteiger partial charge in [-0.05, 0) is 26.0 Å². The number of hydrogen-bond acceptors (Lipinski definition) is 6. The van der Waals surface area contributed by atoms with Gasteiger partial charge in [0, 0.05) is 42.8 Å². The minimum absolute atomic E-state index is 0.209. The van der Waals surface area contributed by atoms with Crippen LogP contribution in [0.4, 0.5) is 0 Å². The molecule has 152 valence electrons. The Morgan fingerprint density at radius 3 is 2.29 bits per heavy atom. The summed E-state index contributed by atoms with van der Waals surface area (Å²) in [6, 6.07) is 7.90. The Morgan fingerprint density at radius 2 is 1.68 bits per heavy atom. The van der Waals surface area contributed by atoms with Crippen LogP contribution in [0.5, 0.6) is 28.7 Å². The van der Waals surface area contributed by atoms with Crippen molar-refractivity contribution in [3.63, 3.8) is 0 Å². The van der Waals surface area contributed by atoms with Crippen molar-refractivity contribution in [2.24, 2.45) is 0 Å². The molecule has 0 amide bonds. The zero-order valence-electron chi connectivity index (χ0n) is 17.3. The van der Waals surface area contributed by atoms with E-state index < -0.39 is 0 Å². The molecule has 6 nitrogen and oxygen atoms in total. The molecule has 1 aliphatic heterocycles. The van der Waals surface area contributed by atoms with E-state index >= 15 is 0 Å². The fourth-order valence-corrected chi connectivity index (χ4v) is 3.48. The minimum Gasteiger partial charge on any atom is -0.496 e. The third kappa shape index (κ3) is 4.28. The molecule has 2 aromatic rings. The highest BCUT2D eigenvalue weighted by Crippen LogP contribution is 2.36. The topological polar surface area (TPSA) is 58.2 Å². The summed E-state index contributed by atoms with van der Waals surface area (Å²) in [5.74, 6) is 3.99. The fourth-order valence-electron chi connectivity index (χ4n) is 3.48. The van der Waals surface area contributed by atoms with E-state index in [0.717, 1.165) is 40.5 Å². The van der Waals surface area contributed by atoms with E-state index in [0.29, 0.717) is 25.4 Å². The van der Waals surface area contributed by atoms with Crippen LogP contribution in [0.3, 0.4) is 0 Å². The molecule has 0 fully saturated rings. The normalized spacial score (nSPS) is 15.0. The Kier molecular flexibility index (Phi) is 6.52. The van der Waals surface area contributed by atoms with Crippen LogP contribution in [-0.2, 0) is 19.5 Å². The Hall–Kier alpha value is -2.60. The molecule has 2 aromatic carbocycles. The molecular weight excluding hydrogens is 358 g/mol. The van der Waals surface area contributed by atoms with Gasteiger partial charge in [0.2, 0.25) is 0 Å². The second-order valence-corrected chi connectivity index (χ2v) is 6.75. The van der Waals surface area contributed by atoms with Crippen LogP contribution in [0.25, 0.3) is 0 Å². The second kappa shape index (κ2) is 9.06. The van der Waals surface area contributed by atoms with Gasteiger partial charge in [-0.3, -0.25) is 0 Å². The summed E-state index contributed by atoms with van der Waals surface area (Å²) < 4.78 is 28.1. The molecule has 1 N–H and O–H groups in total. The fraction of sp³-hybridized carbons (Fsp3) is 0.455. The highest BCUT2D eigenvalue weighted by Gasteiger charge is 2.22. The van der Waals surface area contributed by atoms with Gasteiger partial charge in [0.15, 0.2) is 0 Å². The average molecular weight is 387 g/mol. The molecular formula is C22H29NO5. The molecule has 0 aromatic heterocycles. The quantitative estimate of drug-likeness (QED) is 0.708. The smallest absolute Gasteiger partial charge is 0.130 e. The molecule has 3 rings (SSSR count). The van der Waals surface area contributed by atoms with Crippen molar-refractivity contribution in [3.8, 4) is 28.7 Å². The van der Waals surface area contributed by atoms with E-state index in [4.69, 9.17) is 23.7 Å². The molecule has 28 heavy (non-hydrogen) atoms. The summed E-state index contributed by atoms with van der Waals surface area (Å²) in [5, 5.41) is 3.47. The van der Waals surface area contributed by atoms with Crippen molar-refractivity contribution in [2.75, 3.05) is 27.9 Å². The van der Waals surface area contributed by atoms with Gasteiger partial charge in [-0.2, -0.15) is 0 Å². The van der Waals surface area contributed by atoms with Gasteiger partial charge in [0.25, 0.3) is 0 Å². The van der Waals surface area contributed by atoms with Crippen molar-refractivity contribution in [1.82, 2.24) is 5.32 Å². The number of rotatable bonds is 9. The summed E-state index contributed by atoms with van der Waals surface area (Å²) in [7, 11) is 4.91. The summed E-state index contributed by atoms with van der Waals surface area (Å²) in [5.41, 5.74) is 3.22. The molecule has 1 atom stereocenters. The Balaban J connectivity index is 1.77. The van der Waals surface area contributed by atoms with Crippen LogP contribution < -0.4 is 29.0 Å². The first-order valence-corrected chi connectivity index (χ1v) is 9.54. The van der Waals surface area contributed by atoms with Gasteiger partial charge in [-0.15, -0.1) is 0 Å². The van der Waals surface area contributed by atoms with E-state index in [1.54, 1.807) is 21.3 Å². The van der Waals surface area contributed by atoms with E-state index in [-0.39, 0.29) is 6.10 Å². The summed E-state index contributed by atoms with van der Waals surface area (Å²) in [6.45, 7) is 5.93. The SMILES string of the molecule is CCOc1cc2c(cc1CNCc1c(OC)cc(OC)cc1OC)OC(C)C2. The molecule has 0 spiro atoms. The van der Waals surface area contributed by atoms with E-state index in [1.807, 2.05) is 19.1 Å². The molecule has 0 radical (unpaired) electrons. The maximum atomic E-state index is 5.91. The Bertz CT molecular complexity index is 796. The van der Waals surface area contributed by atoms with Gasteiger partial charge in [-0.1, -0.05) is 0 Å². The lowest BCUT2D eigenvalue weighted by Gasteiger charge is -2.17. The molecule has 1 heterocycles. The first-order chi connectivity index (χ1) is 13.6. The maximum absolute atomic E-state index is 5.91. The molecule has 0 saturated heterocycles. The summed E-state index contributed by atoms with van der Waals surface area (Å²) >= 11 is 0. The van der Waals surface area contributed by atoms with Gasteiger partial charge in [-0.25, -0.2) is 0 Å². The van der Waals surface area contributed by atoms with Crippen LogP contribution in [0.2, 0.25) is 0 Å². The van der Waals surface area contributed by atoms with Crippen LogP contribution >= 0.6 is 0 Å². The molecule has 0 bridgehead atoms. The Morgan fingerprint density at radius 1 is 0.964 bits per heavy atom. The van der Waals surface area contributed by atoms with Crippen molar-refractivity contribution in [2.45, 2.75) is 39.5 Å². The van der Waals surface area contributed by atoms with Crippen LogP contribution in [-0.4, -0.2) is 34.0 Å².